The number of nitro benzene ring substituents is 1. The summed E-state index contributed by atoms with van der Waals surface area (Å²) in [7, 11) is 1.30. The van der Waals surface area contributed by atoms with Gasteiger partial charge in [-0.2, -0.15) is 0 Å². The molecule has 0 amide bonds. The summed E-state index contributed by atoms with van der Waals surface area (Å²) in [5.74, 6) is -0.716. The molecule has 0 unspecified atom stereocenters. The molecule has 0 aliphatic rings. The van der Waals surface area contributed by atoms with Crippen LogP contribution in [0.1, 0.15) is 11.4 Å². The van der Waals surface area contributed by atoms with Gasteiger partial charge in [0.05, 0.1) is 23.8 Å². The second kappa shape index (κ2) is 5.20. The quantitative estimate of drug-likeness (QED) is 0.690. The largest absolute Gasteiger partial charge is 0.490 e. The summed E-state index contributed by atoms with van der Waals surface area (Å²) in [5, 5.41) is 10.8. The number of nitrogens with one attached hydrogen (secondary N) is 1. The molecule has 0 spiro atoms. The zero-order chi connectivity index (χ0) is 14.9. The molecule has 6 nitrogen and oxygen atoms in total. The van der Waals surface area contributed by atoms with Crippen LogP contribution in [-0.2, 0) is 0 Å². The second-order valence-corrected chi connectivity index (χ2v) is 4.32. The molecule has 2 aromatic rings. The van der Waals surface area contributed by atoms with Crippen molar-refractivity contribution < 1.29 is 14.1 Å². The Balaban J connectivity index is 2.45. The molecule has 2 rings (SSSR count). The lowest BCUT2D eigenvalue weighted by atomic mass is 10.2. The molecule has 0 atom stereocenters. The summed E-state index contributed by atoms with van der Waals surface area (Å²) in [6, 6.07) is 5.87. The van der Waals surface area contributed by atoms with E-state index in [4.69, 9.17) is 4.74 Å². The number of ether oxygens (including phenoxy) is 1. The summed E-state index contributed by atoms with van der Waals surface area (Å²) < 4.78 is 20.6. The molecule has 0 aliphatic heterocycles. The van der Waals surface area contributed by atoms with Crippen LogP contribution in [0.2, 0.25) is 0 Å². The van der Waals surface area contributed by atoms with Gasteiger partial charge in [-0.15, -0.1) is 0 Å². The SMILES string of the molecule is COc1cc(Nn2c(C)ccc2C)c(F)cc1[N+](=O)[O-]. The first kappa shape index (κ1) is 13.9. The van der Waals surface area contributed by atoms with E-state index >= 15 is 0 Å². The van der Waals surface area contributed by atoms with Crippen molar-refractivity contribution in [1.29, 1.82) is 0 Å². The zero-order valence-electron chi connectivity index (χ0n) is 11.3. The lowest BCUT2D eigenvalue weighted by Gasteiger charge is -2.14. The number of rotatable bonds is 4. The van der Waals surface area contributed by atoms with Gasteiger partial charge in [-0.3, -0.25) is 20.2 Å². The number of hydrogen-bond donors (Lipinski definition) is 1. The average Bonchev–Trinajstić information content (AvgIpc) is 2.72. The lowest BCUT2D eigenvalue weighted by molar-refractivity contribution is -0.385. The third-order valence-electron chi connectivity index (χ3n) is 2.97. The molecule has 20 heavy (non-hydrogen) atoms. The van der Waals surface area contributed by atoms with Gasteiger partial charge in [0.2, 0.25) is 0 Å². The Bertz CT molecular complexity index is 648. The summed E-state index contributed by atoms with van der Waals surface area (Å²) >= 11 is 0. The molecule has 0 bridgehead atoms. The van der Waals surface area contributed by atoms with Crippen LogP contribution in [0.25, 0.3) is 0 Å². The predicted octanol–water partition coefficient (Wildman–Crippen LogP) is 3.04. The number of nitro groups is 1. The minimum absolute atomic E-state index is 0.00126. The van der Waals surface area contributed by atoms with Crippen LogP contribution in [0.4, 0.5) is 15.8 Å². The molecule has 1 aromatic heterocycles. The fraction of sp³-hybridized carbons (Fsp3) is 0.231. The van der Waals surface area contributed by atoms with Gasteiger partial charge in [0, 0.05) is 17.5 Å². The highest BCUT2D eigenvalue weighted by molar-refractivity contribution is 5.59. The topological polar surface area (TPSA) is 69.3 Å². The molecule has 0 fully saturated rings. The Morgan fingerprint density at radius 3 is 2.40 bits per heavy atom. The first-order valence-corrected chi connectivity index (χ1v) is 5.88. The van der Waals surface area contributed by atoms with Crippen LogP contribution in [-0.4, -0.2) is 16.7 Å². The van der Waals surface area contributed by atoms with Crippen LogP contribution < -0.4 is 10.2 Å². The Morgan fingerprint density at radius 2 is 1.90 bits per heavy atom. The van der Waals surface area contributed by atoms with E-state index in [1.807, 2.05) is 26.0 Å². The molecule has 7 heteroatoms. The highest BCUT2D eigenvalue weighted by atomic mass is 19.1. The van der Waals surface area contributed by atoms with E-state index in [2.05, 4.69) is 5.43 Å². The number of halogens is 1. The van der Waals surface area contributed by atoms with E-state index in [0.29, 0.717) is 0 Å². The summed E-state index contributed by atoms with van der Waals surface area (Å²) in [6.45, 7) is 3.72. The zero-order valence-corrected chi connectivity index (χ0v) is 11.3. The maximum atomic E-state index is 13.9. The van der Waals surface area contributed by atoms with Gasteiger partial charge in [-0.05, 0) is 26.0 Å². The van der Waals surface area contributed by atoms with Crippen LogP contribution in [0, 0.1) is 29.8 Å². The number of nitrogens with zero attached hydrogens (tertiary/aromatic N) is 2. The maximum absolute atomic E-state index is 13.9. The Labute approximate surface area is 114 Å². The van der Waals surface area contributed by atoms with Crippen molar-refractivity contribution in [2.75, 3.05) is 12.5 Å². The van der Waals surface area contributed by atoms with Crippen molar-refractivity contribution >= 4 is 11.4 Å². The van der Waals surface area contributed by atoms with E-state index in [-0.39, 0.29) is 11.4 Å². The van der Waals surface area contributed by atoms with Crippen molar-refractivity contribution in [2.24, 2.45) is 0 Å². The Hall–Kier alpha value is -2.57. The molecule has 0 saturated carbocycles. The molecule has 1 aromatic carbocycles. The van der Waals surface area contributed by atoms with E-state index in [1.54, 1.807) is 4.68 Å². The normalized spacial score (nSPS) is 10.4. The van der Waals surface area contributed by atoms with Crippen molar-refractivity contribution in [2.45, 2.75) is 13.8 Å². The standard InChI is InChI=1S/C13H14FN3O3/c1-8-4-5-9(2)16(8)15-11-7-13(20-3)12(17(18)19)6-10(11)14/h4-7,15H,1-3H3. The van der Waals surface area contributed by atoms with Gasteiger partial charge >= 0.3 is 5.69 Å². The van der Waals surface area contributed by atoms with Crippen LogP contribution in [0.15, 0.2) is 24.3 Å². The number of aryl methyl sites for hydroxylation is 2. The highest BCUT2D eigenvalue weighted by Crippen LogP contribution is 2.32. The maximum Gasteiger partial charge on any atom is 0.313 e. The molecule has 1 heterocycles. The smallest absolute Gasteiger partial charge is 0.313 e. The summed E-state index contributed by atoms with van der Waals surface area (Å²) in [4.78, 5) is 10.1. The molecule has 106 valence electrons. The number of methoxy groups -OCH3 is 1. The van der Waals surface area contributed by atoms with Gasteiger partial charge in [0.15, 0.2) is 11.6 Å². The van der Waals surface area contributed by atoms with E-state index in [9.17, 15) is 14.5 Å². The van der Waals surface area contributed by atoms with Gasteiger partial charge in [0.1, 0.15) is 0 Å². The molecule has 1 N–H and O–H groups in total. The van der Waals surface area contributed by atoms with E-state index in [1.165, 1.54) is 13.2 Å². The van der Waals surface area contributed by atoms with Gasteiger partial charge < -0.3 is 4.74 Å². The average molecular weight is 279 g/mol. The summed E-state index contributed by atoms with van der Waals surface area (Å²) in [5.41, 5.74) is 4.35. The van der Waals surface area contributed by atoms with E-state index in [0.717, 1.165) is 17.5 Å². The lowest BCUT2D eigenvalue weighted by Crippen LogP contribution is -2.13. The second-order valence-electron chi connectivity index (χ2n) is 4.32. The van der Waals surface area contributed by atoms with Crippen molar-refractivity contribution in [3.8, 4) is 5.75 Å². The third-order valence-corrected chi connectivity index (χ3v) is 2.97. The molecule has 0 aliphatic carbocycles. The minimum atomic E-state index is -0.718. The first-order valence-electron chi connectivity index (χ1n) is 5.88. The molecular weight excluding hydrogens is 265 g/mol. The number of aromatic nitrogens is 1. The van der Waals surface area contributed by atoms with Crippen LogP contribution in [0.3, 0.4) is 0 Å². The number of anilines is 1. The van der Waals surface area contributed by atoms with Crippen LogP contribution >= 0.6 is 0 Å². The fourth-order valence-electron chi connectivity index (χ4n) is 1.90. The third kappa shape index (κ3) is 2.42. The minimum Gasteiger partial charge on any atom is -0.490 e. The molecule has 0 saturated heterocycles. The summed E-state index contributed by atoms with van der Waals surface area (Å²) in [6.07, 6.45) is 0. The fourth-order valence-corrected chi connectivity index (χ4v) is 1.90. The van der Waals surface area contributed by atoms with Gasteiger partial charge in [-0.1, -0.05) is 0 Å². The van der Waals surface area contributed by atoms with E-state index < -0.39 is 16.4 Å². The Kier molecular flexibility index (Phi) is 3.60. The van der Waals surface area contributed by atoms with Crippen molar-refractivity contribution in [3.63, 3.8) is 0 Å². The van der Waals surface area contributed by atoms with Gasteiger partial charge in [-0.25, -0.2) is 4.39 Å². The monoisotopic (exact) mass is 279 g/mol. The van der Waals surface area contributed by atoms with Crippen LogP contribution in [0.5, 0.6) is 5.75 Å². The number of hydrogen-bond acceptors (Lipinski definition) is 4. The Morgan fingerprint density at radius 1 is 1.30 bits per heavy atom. The van der Waals surface area contributed by atoms with Gasteiger partial charge in [0.25, 0.3) is 0 Å². The molecule has 0 radical (unpaired) electrons. The van der Waals surface area contributed by atoms with Crippen molar-refractivity contribution in [1.82, 2.24) is 4.68 Å². The predicted molar refractivity (Wildman–Crippen MR) is 72.5 cm³/mol. The van der Waals surface area contributed by atoms with Crippen molar-refractivity contribution in [3.05, 3.63) is 51.6 Å². The number of benzene rings is 1. The first-order chi connectivity index (χ1) is 9.43. The highest BCUT2D eigenvalue weighted by Gasteiger charge is 2.19. The molecular formula is C13H14FN3O3.